The number of hydrogen-bond acceptors (Lipinski definition) is 3. The van der Waals surface area contributed by atoms with Crippen molar-refractivity contribution >= 4 is 11.6 Å². The first-order chi connectivity index (χ1) is 13.5. The van der Waals surface area contributed by atoms with E-state index in [1.807, 2.05) is 56.3 Å². The molecule has 0 aliphatic carbocycles. The highest BCUT2D eigenvalue weighted by Gasteiger charge is 2.03. The van der Waals surface area contributed by atoms with Crippen molar-refractivity contribution in [2.75, 3.05) is 0 Å². The predicted molar refractivity (Wildman–Crippen MR) is 111 cm³/mol. The molecule has 0 N–H and O–H groups in total. The number of aliphatic imine (C=N–C) groups is 1. The Morgan fingerprint density at radius 3 is 2.39 bits per heavy atom. The van der Waals surface area contributed by atoms with Gasteiger partial charge >= 0.3 is 0 Å². The van der Waals surface area contributed by atoms with Crippen LogP contribution in [0.15, 0.2) is 84.1 Å². The van der Waals surface area contributed by atoms with Crippen molar-refractivity contribution in [1.29, 1.82) is 0 Å². The highest BCUT2D eigenvalue weighted by Crippen LogP contribution is 2.20. The smallest absolute Gasteiger partial charge is 0.222 e. The maximum absolute atomic E-state index is 13.3. The molecular weight excluding hydrogens is 353 g/mol. The van der Waals surface area contributed by atoms with E-state index in [-0.39, 0.29) is 5.82 Å². The molecule has 0 aromatic heterocycles. The summed E-state index contributed by atoms with van der Waals surface area (Å²) in [6.07, 6.45) is 3.05. The lowest BCUT2D eigenvalue weighted by molar-refractivity contribution is 0.473. The average Bonchev–Trinajstić information content (AvgIpc) is 2.65. The molecule has 142 valence electrons. The van der Waals surface area contributed by atoms with E-state index in [1.54, 1.807) is 18.2 Å². The minimum atomic E-state index is -0.356. The molecule has 0 amide bonds. The predicted octanol–water partition coefficient (Wildman–Crippen LogP) is 6.45. The largest absolute Gasteiger partial charge is 0.465 e. The van der Waals surface area contributed by atoms with Gasteiger partial charge in [0.25, 0.3) is 0 Å². The number of rotatable bonds is 5. The second-order valence-electron chi connectivity index (χ2n) is 6.52. The summed E-state index contributed by atoms with van der Waals surface area (Å²) < 4.78 is 24.7. The molecule has 28 heavy (non-hydrogen) atoms. The molecule has 0 spiro atoms. The molecule has 0 aliphatic rings. The summed E-state index contributed by atoms with van der Waals surface area (Å²) in [5.74, 6) is 1.09. The normalized spacial score (nSPS) is 11.6. The van der Waals surface area contributed by atoms with Crippen LogP contribution in [0.4, 0.5) is 10.1 Å². The van der Waals surface area contributed by atoms with Crippen LogP contribution in [0.3, 0.4) is 0 Å². The third-order valence-electron chi connectivity index (χ3n) is 4.15. The zero-order chi connectivity index (χ0) is 19.9. The summed E-state index contributed by atoms with van der Waals surface area (Å²) in [6, 6.07) is 19.6. The molecular formula is C24H22FNO2. The molecule has 3 aromatic rings. The van der Waals surface area contributed by atoms with E-state index in [0.717, 1.165) is 16.8 Å². The first-order valence-corrected chi connectivity index (χ1v) is 8.99. The van der Waals surface area contributed by atoms with Crippen LogP contribution in [0.1, 0.15) is 16.7 Å². The Morgan fingerprint density at radius 2 is 1.64 bits per heavy atom. The summed E-state index contributed by atoms with van der Waals surface area (Å²) in [4.78, 5) is 4.59. The summed E-state index contributed by atoms with van der Waals surface area (Å²) in [5.41, 5.74) is 4.21. The molecule has 0 saturated heterocycles. The van der Waals surface area contributed by atoms with Crippen LogP contribution in [0.5, 0.6) is 11.5 Å². The van der Waals surface area contributed by atoms with Gasteiger partial charge in [0.05, 0.1) is 11.9 Å². The lowest BCUT2D eigenvalue weighted by atomic mass is 10.1. The molecule has 0 aliphatic heterocycles. The summed E-state index contributed by atoms with van der Waals surface area (Å²) in [7, 11) is 0. The van der Waals surface area contributed by atoms with Gasteiger partial charge in [0, 0.05) is 12.1 Å². The SMILES string of the molecule is Cc1cccc(OC(C=COc2cccc(F)c2)=Nc2ccc(C)c(C)c2)c1. The number of nitrogens with zero attached hydrogens (tertiary/aromatic N) is 1. The lowest BCUT2D eigenvalue weighted by Gasteiger charge is -2.08. The third kappa shape index (κ3) is 5.55. The van der Waals surface area contributed by atoms with E-state index in [4.69, 9.17) is 9.47 Å². The van der Waals surface area contributed by atoms with E-state index >= 15 is 0 Å². The quantitative estimate of drug-likeness (QED) is 0.291. The minimum Gasteiger partial charge on any atom is -0.465 e. The second kappa shape index (κ2) is 9.00. The molecule has 0 atom stereocenters. The summed E-state index contributed by atoms with van der Waals surface area (Å²) >= 11 is 0. The number of halogens is 1. The van der Waals surface area contributed by atoms with Gasteiger partial charge in [-0.2, -0.15) is 0 Å². The fraction of sp³-hybridized carbons (Fsp3) is 0.125. The van der Waals surface area contributed by atoms with E-state index in [1.165, 1.54) is 24.0 Å². The molecule has 0 fully saturated rings. The van der Waals surface area contributed by atoms with Gasteiger partial charge in [-0.15, -0.1) is 0 Å². The summed E-state index contributed by atoms with van der Waals surface area (Å²) in [6.45, 7) is 6.09. The second-order valence-corrected chi connectivity index (χ2v) is 6.52. The zero-order valence-corrected chi connectivity index (χ0v) is 16.1. The number of ether oxygens (including phenoxy) is 2. The molecule has 0 heterocycles. The minimum absolute atomic E-state index is 0.356. The van der Waals surface area contributed by atoms with Gasteiger partial charge in [-0.1, -0.05) is 24.3 Å². The van der Waals surface area contributed by atoms with Gasteiger partial charge < -0.3 is 9.47 Å². The van der Waals surface area contributed by atoms with Crippen molar-refractivity contribution < 1.29 is 13.9 Å². The molecule has 0 saturated carbocycles. The van der Waals surface area contributed by atoms with E-state index in [9.17, 15) is 4.39 Å². The van der Waals surface area contributed by atoms with Gasteiger partial charge in [0.2, 0.25) is 5.90 Å². The topological polar surface area (TPSA) is 30.8 Å². The van der Waals surface area contributed by atoms with Crippen LogP contribution in [0, 0.1) is 26.6 Å². The van der Waals surface area contributed by atoms with Gasteiger partial charge in [-0.3, -0.25) is 0 Å². The first-order valence-electron chi connectivity index (χ1n) is 8.99. The van der Waals surface area contributed by atoms with Crippen LogP contribution in [-0.4, -0.2) is 5.90 Å². The Morgan fingerprint density at radius 1 is 0.857 bits per heavy atom. The fourth-order valence-corrected chi connectivity index (χ4v) is 2.53. The maximum atomic E-state index is 13.3. The van der Waals surface area contributed by atoms with Crippen LogP contribution >= 0.6 is 0 Å². The van der Waals surface area contributed by atoms with Crippen LogP contribution < -0.4 is 9.47 Å². The Kier molecular flexibility index (Phi) is 6.22. The number of benzene rings is 3. The van der Waals surface area contributed by atoms with E-state index in [0.29, 0.717) is 17.4 Å². The van der Waals surface area contributed by atoms with E-state index < -0.39 is 0 Å². The molecule has 0 unspecified atom stereocenters. The van der Waals surface area contributed by atoms with Crippen molar-refractivity contribution in [3.8, 4) is 11.5 Å². The monoisotopic (exact) mass is 375 g/mol. The maximum Gasteiger partial charge on any atom is 0.222 e. The van der Waals surface area contributed by atoms with E-state index in [2.05, 4.69) is 11.9 Å². The van der Waals surface area contributed by atoms with Crippen molar-refractivity contribution in [3.05, 3.63) is 102 Å². The van der Waals surface area contributed by atoms with Crippen molar-refractivity contribution in [3.63, 3.8) is 0 Å². The van der Waals surface area contributed by atoms with Gasteiger partial charge in [0.15, 0.2) is 0 Å². The fourth-order valence-electron chi connectivity index (χ4n) is 2.53. The Bertz CT molecular complexity index is 1020. The molecule has 3 nitrogen and oxygen atoms in total. The van der Waals surface area contributed by atoms with Gasteiger partial charge in [-0.25, -0.2) is 9.38 Å². The Labute approximate surface area is 164 Å². The number of aryl methyl sites for hydroxylation is 3. The van der Waals surface area contributed by atoms with Crippen LogP contribution in [0.25, 0.3) is 0 Å². The van der Waals surface area contributed by atoms with Crippen LogP contribution in [-0.2, 0) is 0 Å². The molecule has 3 rings (SSSR count). The first kappa shape index (κ1) is 19.4. The number of hydrogen-bond donors (Lipinski definition) is 0. The average molecular weight is 375 g/mol. The molecule has 3 aromatic carbocycles. The zero-order valence-electron chi connectivity index (χ0n) is 16.1. The van der Waals surface area contributed by atoms with Gasteiger partial charge in [-0.05, 0) is 73.9 Å². The molecule has 0 radical (unpaired) electrons. The third-order valence-corrected chi connectivity index (χ3v) is 4.15. The van der Waals surface area contributed by atoms with Crippen molar-refractivity contribution in [2.45, 2.75) is 20.8 Å². The van der Waals surface area contributed by atoms with Gasteiger partial charge in [0.1, 0.15) is 17.3 Å². The molecule has 4 heteroatoms. The molecule has 0 bridgehead atoms. The highest BCUT2D eigenvalue weighted by atomic mass is 19.1. The Balaban J connectivity index is 1.85. The highest BCUT2D eigenvalue weighted by molar-refractivity contribution is 5.91. The van der Waals surface area contributed by atoms with Crippen LogP contribution in [0.2, 0.25) is 0 Å². The van der Waals surface area contributed by atoms with Crippen molar-refractivity contribution in [1.82, 2.24) is 0 Å². The standard InChI is InChI=1S/C24H22FNO2/c1-17-6-4-9-23(14-17)28-24(26-21-11-10-18(2)19(3)15-21)12-13-27-22-8-5-7-20(25)16-22/h4-16H,1-3H3. The summed E-state index contributed by atoms with van der Waals surface area (Å²) in [5, 5.41) is 0. The lowest BCUT2D eigenvalue weighted by Crippen LogP contribution is -2.05. The van der Waals surface area contributed by atoms with Crippen molar-refractivity contribution in [2.24, 2.45) is 4.99 Å². The Hall–Kier alpha value is -3.40.